The van der Waals surface area contributed by atoms with Crippen molar-refractivity contribution < 1.29 is 102 Å². The third kappa shape index (κ3) is 29.4. The third-order valence-electron chi connectivity index (χ3n) is 20.8. The molecule has 0 radical (unpaired) electrons. The van der Waals surface area contributed by atoms with Crippen LogP contribution in [0, 0.1) is 11.8 Å². The molecule has 1 fully saturated rings. The van der Waals surface area contributed by atoms with Gasteiger partial charge in [0.2, 0.25) is 88.6 Å². The summed E-state index contributed by atoms with van der Waals surface area (Å²) in [6.45, 7) is 5.82. The number of carbonyl (C=O) groups excluding carboxylic acids is 15. The normalized spacial score (nSPS) is 22.6. The predicted octanol–water partition coefficient (Wildman–Crippen LogP) is 0.356. The Bertz CT molecular complexity index is 4600. The zero-order valence-electron chi connectivity index (χ0n) is 70.2. The van der Waals surface area contributed by atoms with Crippen LogP contribution < -0.4 is 58.5 Å². The fraction of sp³-hybridized carbons (Fsp3) is 0.453. The Morgan fingerprint density at radius 3 is 1.59 bits per heavy atom. The molecule has 2 aliphatic rings. The highest BCUT2D eigenvalue weighted by molar-refractivity contribution is 8.00. The standard InChI is InChI=1S/C86H111N15O21S/c1-10-11-27-65-84(120)97(6)45-70(105)90-61(43-74(110)111)80(116)96-75(50(4)5)86(122)99(8)67(39-52-23-17-13-18-24-52)81(117)94-63-41-55-30-33-57(103)42-66(55)101(83(63)119)46-71(106)89-58(34-35-73(108)109)77(113)93-60(37-54-28-31-56(102)32-29-54)79(115)92-59(36-49(2)3)78(114)95-64(76(112)88-44-69(87)104)47-123-48-72(107)91-62(38-51-21-15-12-16-22-51)82(118)100(9)68(85(121)98(65)7)40-53-25-19-14-20-26-53/h12-26,28-33,42,49-50,58-65,67-68,75,102-103H,10-11,27,34-41,43-48H2,1-9H3,(H2,87,104)(H,88,112)(H,89,106)(H,90,105)(H,91,107)(H,92,115)(H,93,113)(H,94,117)(H,95,114)(H,96,116)(H,108,109)(H,110,111)/t58-,59-,60-,61-,62-,63-,64-,65-,67-,68-,75-/m0/s1. The van der Waals surface area contributed by atoms with E-state index in [1.54, 1.807) is 119 Å². The number of nitrogens with one attached hydrogen (secondary N) is 9. The third-order valence-corrected chi connectivity index (χ3v) is 21.9. The van der Waals surface area contributed by atoms with Crippen molar-refractivity contribution in [2.24, 2.45) is 17.6 Å². The Kier molecular flexibility index (Phi) is 36.9. The highest BCUT2D eigenvalue weighted by Crippen LogP contribution is 2.32. The number of nitrogens with two attached hydrogens (primary N) is 1. The smallest absolute Gasteiger partial charge is 0.305 e. The van der Waals surface area contributed by atoms with Crippen LogP contribution in [0.25, 0.3) is 0 Å². The lowest BCUT2D eigenvalue weighted by Gasteiger charge is -2.37. The molecule has 11 atom stereocenters. The number of nitrogens with zero attached hydrogens (tertiary/aromatic N) is 5. The number of carboxylic acid groups (broad SMARTS) is 2. The molecule has 15 N–H and O–H groups in total. The number of hydrogen-bond acceptors (Lipinski definition) is 20. The minimum absolute atomic E-state index is 0.0234. The number of likely N-dealkylation sites (N-methyl/N-ethyl adjacent to an activating group) is 4. The van der Waals surface area contributed by atoms with Gasteiger partial charge in [-0.1, -0.05) is 157 Å². The summed E-state index contributed by atoms with van der Waals surface area (Å²) < 4.78 is 0. The number of primary amides is 1. The van der Waals surface area contributed by atoms with Gasteiger partial charge in [-0.25, -0.2) is 0 Å². The van der Waals surface area contributed by atoms with Crippen molar-refractivity contribution in [2.75, 3.05) is 64.2 Å². The summed E-state index contributed by atoms with van der Waals surface area (Å²) in [6.07, 6.45) is -2.88. The largest absolute Gasteiger partial charge is 0.508 e. The number of phenols is 2. The Morgan fingerprint density at radius 2 is 1.01 bits per heavy atom. The molecule has 2 bridgehead atoms. The summed E-state index contributed by atoms with van der Waals surface area (Å²) in [6, 6.07) is 17.3. The summed E-state index contributed by atoms with van der Waals surface area (Å²) in [5, 5.41) is 64.3. The molecule has 36 nitrogen and oxygen atoms in total. The van der Waals surface area contributed by atoms with Crippen LogP contribution in [0.2, 0.25) is 0 Å². The minimum Gasteiger partial charge on any atom is -0.508 e. The van der Waals surface area contributed by atoms with Gasteiger partial charge in [0.1, 0.15) is 84.5 Å². The second-order valence-corrected chi connectivity index (χ2v) is 32.3. The molecule has 5 aromatic carbocycles. The van der Waals surface area contributed by atoms with Gasteiger partial charge in [-0.2, -0.15) is 0 Å². The van der Waals surface area contributed by atoms with Crippen molar-refractivity contribution in [1.29, 1.82) is 0 Å². The number of phenolic OH excluding ortho intramolecular Hbond substituents is 2. The highest BCUT2D eigenvalue weighted by Gasteiger charge is 2.43. The molecule has 662 valence electrons. The number of anilines is 1. The summed E-state index contributed by atoms with van der Waals surface area (Å²) in [7, 11) is 5.21. The SMILES string of the molecule is CCCC[C@H]1C(=O)N(C)CC(=O)N[C@@H](CC(=O)O)C(=O)N[C@@H](C(C)C)C(=O)N(C)[C@@H](Cc2ccccc2)C(=O)N[C@H]2Cc3ccc(O)cc3N(CC(=O)N[C@@H](CCC(=O)O)C(=O)N[C@@H](Cc3ccc(O)cc3)C(=O)N[C@@H](CC(C)C)C(=O)N[C@H](C(=O)NCC(N)=O)CSCC(=O)N[C@@H](Cc3ccccc3)C(=O)N(C)[C@@H](Cc3ccccc3)C(=O)N1C)C2=O. The monoisotopic (exact) mass is 1720 g/mol. The molecule has 5 aromatic rings. The fourth-order valence-corrected chi connectivity index (χ4v) is 15.0. The molecule has 0 aromatic heterocycles. The maximum atomic E-state index is 15.5. The van der Waals surface area contributed by atoms with Crippen molar-refractivity contribution in [2.45, 2.75) is 178 Å². The number of aromatic hydroxyl groups is 2. The number of benzene rings is 5. The molecule has 0 aliphatic carbocycles. The van der Waals surface area contributed by atoms with Crippen LogP contribution in [0.5, 0.6) is 11.5 Å². The fourth-order valence-electron chi connectivity index (χ4n) is 14.1. The first kappa shape index (κ1) is 97.2. The molecule has 0 spiro atoms. The first-order chi connectivity index (χ1) is 58.3. The molecule has 0 unspecified atom stereocenters. The van der Waals surface area contributed by atoms with Gasteiger partial charge < -0.3 is 98.5 Å². The summed E-state index contributed by atoms with van der Waals surface area (Å²) in [4.78, 5) is 250. The second-order valence-electron chi connectivity index (χ2n) is 31.3. The van der Waals surface area contributed by atoms with Crippen LogP contribution in [-0.2, 0) is 114 Å². The Hall–Kier alpha value is -13.0. The van der Waals surface area contributed by atoms with Gasteiger partial charge in [-0.15, -0.1) is 11.8 Å². The van der Waals surface area contributed by atoms with E-state index < -0.39 is 236 Å². The van der Waals surface area contributed by atoms with E-state index in [-0.39, 0.29) is 61.3 Å². The number of fused-ring (bicyclic) bond motifs is 4. The van der Waals surface area contributed by atoms with Gasteiger partial charge in [0.15, 0.2) is 0 Å². The number of thioether (sulfide) groups is 1. The van der Waals surface area contributed by atoms with E-state index in [0.717, 1.165) is 42.3 Å². The zero-order chi connectivity index (χ0) is 90.5. The van der Waals surface area contributed by atoms with Crippen LogP contribution >= 0.6 is 11.8 Å². The summed E-state index contributed by atoms with van der Waals surface area (Å²) in [5.74, 6) is -20.1. The molecule has 123 heavy (non-hydrogen) atoms. The van der Waals surface area contributed by atoms with Crippen molar-refractivity contribution in [3.63, 3.8) is 0 Å². The molecule has 37 heteroatoms. The van der Waals surface area contributed by atoms with E-state index in [9.17, 15) is 78.0 Å². The summed E-state index contributed by atoms with van der Waals surface area (Å²) >= 11 is 0.797. The topological polar surface area (TPSA) is 522 Å². The van der Waals surface area contributed by atoms with Gasteiger partial charge >= 0.3 is 11.9 Å². The van der Waals surface area contributed by atoms with Crippen LogP contribution in [0.15, 0.2) is 133 Å². The maximum Gasteiger partial charge on any atom is 0.305 e. The number of hydrogen-bond donors (Lipinski definition) is 14. The quantitative estimate of drug-likeness (QED) is 0.0445. The number of carbonyl (C=O) groups is 17. The highest BCUT2D eigenvalue weighted by atomic mass is 32.2. The first-order valence-corrected chi connectivity index (χ1v) is 41.5. The number of carboxylic acids is 2. The van der Waals surface area contributed by atoms with Gasteiger partial charge in [-0.3, -0.25) is 81.5 Å². The molecule has 1 saturated heterocycles. The number of unbranched alkanes of at least 4 members (excludes halogenated alkanes) is 1. The van der Waals surface area contributed by atoms with Crippen molar-refractivity contribution in [3.05, 3.63) is 161 Å². The van der Waals surface area contributed by atoms with Crippen LogP contribution in [-0.4, -0.2) is 266 Å². The lowest BCUT2D eigenvalue weighted by Crippen LogP contribution is -2.62. The average Bonchev–Trinajstić information content (AvgIpc) is 0.826. The van der Waals surface area contributed by atoms with Crippen molar-refractivity contribution in [3.8, 4) is 11.5 Å². The Labute approximate surface area is 716 Å². The van der Waals surface area contributed by atoms with E-state index >= 15 is 24.0 Å². The van der Waals surface area contributed by atoms with Crippen LogP contribution in [0.3, 0.4) is 0 Å². The van der Waals surface area contributed by atoms with E-state index in [1.807, 2.05) is 6.92 Å². The molecule has 2 aliphatic heterocycles. The van der Waals surface area contributed by atoms with Crippen molar-refractivity contribution in [1.82, 2.24) is 67.5 Å². The second kappa shape index (κ2) is 46.7. The Balaban J connectivity index is 1.31. The van der Waals surface area contributed by atoms with E-state index in [4.69, 9.17) is 5.73 Å². The molecular formula is C86H111N15O21S. The summed E-state index contributed by atoms with van der Waals surface area (Å²) in [5.41, 5.74) is 7.63. The average molecular weight is 1720 g/mol. The van der Waals surface area contributed by atoms with E-state index in [0.29, 0.717) is 35.1 Å². The number of amides is 15. The Morgan fingerprint density at radius 1 is 0.496 bits per heavy atom. The molecule has 7 rings (SSSR count). The van der Waals surface area contributed by atoms with Gasteiger partial charge in [0.05, 0.1) is 31.0 Å². The lowest BCUT2D eigenvalue weighted by atomic mass is 9.95. The molecule has 0 saturated carbocycles. The van der Waals surface area contributed by atoms with E-state index in [2.05, 4.69) is 47.9 Å². The first-order valence-electron chi connectivity index (χ1n) is 40.4. The molecule has 15 amide bonds. The zero-order valence-corrected chi connectivity index (χ0v) is 71.0. The van der Waals surface area contributed by atoms with Crippen molar-refractivity contribution >= 4 is 118 Å². The number of rotatable bonds is 22. The number of aliphatic carboxylic acids is 2. The minimum atomic E-state index is -1.91. The lowest BCUT2D eigenvalue weighted by molar-refractivity contribution is -0.151. The van der Waals surface area contributed by atoms with Gasteiger partial charge in [0, 0.05) is 78.5 Å². The van der Waals surface area contributed by atoms with Gasteiger partial charge in [0.25, 0.3) is 0 Å². The molecule has 2 heterocycles. The molecular weight excluding hydrogens is 1610 g/mol. The van der Waals surface area contributed by atoms with E-state index in [1.165, 1.54) is 64.6 Å². The van der Waals surface area contributed by atoms with Crippen LogP contribution in [0.1, 0.15) is 107 Å². The predicted molar refractivity (Wildman–Crippen MR) is 452 cm³/mol. The maximum absolute atomic E-state index is 15.5. The van der Waals surface area contributed by atoms with Crippen LogP contribution in [0.4, 0.5) is 5.69 Å². The van der Waals surface area contributed by atoms with Gasteiger partial charge in [-0.05, 0) is 77.1 Å².